The summed E-state index contributed by atoms with van der Waals surface area (Å²) in [5, 5.41) is 13.5. The average molecular weight is 458 g/mol. The van der Waals surface area contributed by atoms with Gasteiger partial charge in [-0.1, -0.05) is 26.0 Å². The van der Waals surface area contributed by atoms with E-state index in [1.54, 1.807) is 79.3 Å². The first-order chi connectivity index (χ1) is 16.4. The zero-order valence-electron chi connectivity index (χ0n) is 19.2. The molecule has 1 atom stereocenters. The first kappa shape index (κ1) is 22.9. The number of nitriles is 1. The number of imidazole rings is 1. The van der Waals surface area contributed by atoms with Crippen LogP contribution in [0.1, 0.15) is 41.9 Å². The van der Waals surface area contributed by atoms with Crippen LogP contribution in [0.5, 0.6) is 0 Å². The van der Waals surface area contributed by atoms with E-state index in [4.69, 9.17) is 5.26 Å². The van der Waals surface area contributed by atoms with Crippen molar-refractivity contribution in [1.29, 1.82) is 5.26 Å². The van der Waals surface area contributed by atoms with Crippen molar-refractivity contribution in [3.05, 3.63) is 88.1 Å². The van der Waals surface area contributed by atoms with E-state index in [1.807, 2.05) is 6.92 Å². The summed E-state index contributed by atoms with van der Waals surface area (Å²) in [6.45, 7) is 4.78. The third-order valence-electron chi connectivity index (χ3n) is 5.99. The van der Waals surface area contributed by atoms with Gasteiger partial charge in [0.1, 0.15) is 6.67 Å². The Labute approximate surface area is 196 Å². The van der Waals surface area contributed by atoms with Crippen molar-refractivity contribution < 1.29 is 9.18 Å². The standard InChI is InChI=1S/C26H24FN5O2/c1-4-17(2)25(33)31-24(18(3)30(26(31)34)22-7-5-6-20(14-22)15-27)23-12-13-29-32(23)21-10-8-19(16-28)9-11-21/h5-14,17H,4,15H2,1-3H3. The van der Waals surface area contributed by atoms with Crippen molar-refractivity contribution in [3.63, 3.8) is 0 Å². The van der Waals surface area contributed by atoms with Gasteiger partial charge in [0.15, 0.2) is 0 Å². The highest BCUT2D eigenvalue weighted by Crippen LogP contribution is 2.28. The van der Waals surface area contributed by atoms with Crippen LogP contribution in [0.2, 0.25) is 0 Å². The SMILES string of the molecule is CCC(C)C(=O)n1c(-c2ccnn2-c2ccc(C#N)cc2)c(C)n(-c2cccc(CF)c2)c1=O. The van der Waals surface area contributed by atoms with Crippen LogP contribution in [-0.4, -0.2) is 24.8 Å². The lowest BCUT2D eigenvalue weighted by molar-refractivity contribution is 0.0839. The molecule has 8 heteroatoms. The predicted molar refractivity (Wildman–Crippen MR) is 127 cm³/mol. The van der Waals surface area contributed by atoms with Gasteiger partial charge in [-0.05, 0) is 61.4 Å². The predicted octanol–water partition coefficient (Wildman–Crippen LogP) is 4.83. The molecule has 0 bridgehead atoms. The van der Waals surface area contributed by atoms with Crippen molar-refractivity contribution >= 4 is 5.91 Å². The molecule has 172 valence electrons. The van der Waals surface area contributed by atoms with Crippen molar-refractivity contribution in [1.82, 2.24) is 18.9 Å². The molecule has 0 aliphatic rings. The van der Waals surface area contributed by atoms with Gasteiger partial charge in [-0.3, -0.25) is 9.36 Å². The Morgan fingerprint density at radius 2 is 1.88 bits per heavy atom. The van der Waals surface area contributed by atoms with E-state index < -0.39 is 12.4 Å². The second kappa shape index (κ2) is 9.32. The topological polar surface area (TPSA) is 85.6 Å². The molecule has 0 fully saturated rings. The maximum absolute atomic E-state index is 13.6. The molecule has 7 nitrogen and oxygen atoms in total. The third kappa shape index (κ3) is 3.86. The van der Waals surface area contributed by atoms with Crippen LogP contribution >= 0.6 is 0 Å². The molecular formula is C26H24FN5O2. The summed E-state index contributed by atoms with van der Waals surface area (Å²) >= 11 is 0. The number of carbonyl (C=O) groups is 1. The third-order valence-corrected chi connectivity index (χ3v) is 5.99. The van der Waals surface area contributed by atoms with Crippen LogP contribution in [0.3, 0.4) is 0 Å². The fourth-order valence-corrected chi connectivity index (χ4v) is 3.95. The van der Waals surface area contributed by atoms with E-state index in [2.05, 4.69) is 11.2 Å². The number of rotatable bonds is 6. The van der Waals surface area contributed by atoms with Crippen LogP contribution in [-0.2, 0) is 6.67 Å². The van der Waals surface area contributed by atoms with Gasteiger partial charge in [-0.15, -0.1) is 0 Å². The molecule has 0 amide bonds. The molecule has 1 unspecified atom stereocenters. The minimum atomic E-state index is -0.660. The lowest BCUT2D eigenvalue weighted by atomic mass is 10.1. The molecule has 0 N–H and O–H groups in total. The van der Waals surface area contributed by atoms with Gasteiger partial charge in [0.25, 0.3) is 0 Å². The van der Waals surface area contributed by atoms with Crippen LogP contribution in [0.15, 0.2) is 65.6 Å². The molecule has 0 spiro atoms. The quantitative estimate of drug-likeness (QED) is 0.415. The molecule has 0 aliphatic heterocycles. The molecule has 2 aromatic carbocycles. The number of aromatic nitrogens is 4. The number of nitrogens with zero attached hydrogens (tertiary/aromatic N) is 5. The van der Waals surface area contributed by atoms with E-state index in [0.29, 0.717) is 46.0 Å². The lowest BCUT2D eigenvalue weighted by Crippen LogP contribution is -2.32. The Bertz CT molecular complexity index is 1450. The van der Waals surface area contributed by atoms with E-state index >= 15 is 0 Å². The Morgan fingerprint density at radius 1 is 1.15 bits per heavy atom. The molecule has 4 aromatic rings. The largest absolute Gasteiger partial charge is 0.340 e. The van der Waals surface area contributed by atoms with Gasteiger partial charge in [-0.2, -0.15) is 10.4 Å². The second-order valence-electron chi connectivity index (χ2n) is 8.13. The highest BCUT2D eigenvalue weighted by molar-refractivity contribution is 5.86. The summed E-state index contributed by atoms with van der Waals surface area (Å²) in [6, 6.07) is 17.3. The maximum Gasteiger partial charge on any atom is 0.340 e. The molecule has 34 heavy (non-hydrogen) atoms. The van der Waals surface area contributed by atoms with Crippen molar-refractivity contribution in [2.24, 2.45) is 5.92 Å². The smallest absolute Gasteiger partial charge is 0.274 e. The number of carbonyl (C=O) groups excluding carboxylic acids is 1. The normalized spacial score (nSPS) is 11.9. The Kier molecular flexibility index (Phi) is 6.28. The summed E-state index contributed by atoms with van der Waals surface area (Å²) in [5.74, 6) is -0.700. The second-order valence-corrected chi connectivity index (χ2v) is 8.13. The first-order valence-electron chi connectivity index (χ1n) is 11.0. The molecule has 2 heterocycles. The number of hydrogen-bond acceptors (Lipinski definition) is 4. The first-order valence-corrected chi connectivity index (χ1v) is 11.0. The number of benzene rings is 2. The van der Waals surface area contributed by atoms with Gasteiger partial charge < -0.3 is 0 Å². The number of alkyl halides is 1. The van der Waals surface area contributed by atoms with E-state index in [1.165, 1.54) is 9.13 Å². The van der Waals surface area contributed by atoms with Crippen LogP contribution in [0.4, 0.5) is 4.39 Å². The summed E-state index contributed by atoms with van der Waals surface area (Å²) in [4.78, 5) is 27.0. The lowest BCUT2D eigenvalue weighted by Gasteiger charge is -2.13. The monoisotopic (exact) mass is 457 g/mol. The molecule has 0 aliphatic carbocycles. The fraction of sp³-hybridized carbons (Fsp3) is 0.231. The average Bonchev–Trinajstić information content (AvgIpc) is 3.44. The Balaban J connectivity index is 2.00. The van der Waals surface area contributed by atoms with Crippen LogP contribution < -0.4 is 5.69 Å². The van der Waals surface area contributed by atoms with Crippen molar-refractivity contribution in [2.45, 2.75) is 33.9 Å². The minimum absolute atomic E-state index is 0.321. The summed E-state index contributed by atoms with van der Waals surface area (Å²) in [6.07, 6.45) is 2.16. The van der Waals surface area contributed by atoms with Crippen molar-refractivity contribution in [2.75, 3.05) is 0 Å². The minimum Gasteiger partial charge on any atom is -0.274 e. The van der Waals surface area contributed by atoms with E-state index in [0.717, 1.165) is 0 Å². The maximum atomic E-state index is 13.6. The molecule has 0 saturated heterocycles. The zero-order valence-corrected chi connectivity index (χ0v) is 19.2. The molecule has 4 rings (SSSR count). The van der Waals surface area contributed by atoms with E-state index in [-0.39, 0.29) is 11.8 Å². The molecular weight excluding hydrogens is 433 g/mol. The molecule has 0 radical (unpaired) electrons. The summed E-state index contributed by atoms with van der Waals surface area (Å²) in [7, 11) is 0. The van der Waals surface area contributed by atoms with Gasteiger partial charge in [-0.25, -0.2) is 18.4 Å². The van der Waals surface area contributed by atoms with Gasteiger partial charge in [0.05, 0.1) is 46.3 Å². The van der Waals surface area contributed by atoms with Crippen LogP contribution in [0.25, 0.3) is 22.8 Å². The van der Waals surface area contributed by atoms with E-state index in [9.17, 15) is 14.0 Å². The fourth-order valence-electron chi connectivity index (χ4n) is 3.95. The summed E-state index contributed by atoms with van der Waals surface area (Å²) in [5.41, 5.74) is 3.11. The summed E-state index contributed by atoms with van der Waals surface area (Å²) < 4.78 is 17.6. The molecule has 0 saturated carbocycles. The van der Waals surface area contributed by atoms with Gasteiger partial charge >= 0.3 is 5.69 Å². The Morgan fingerprint density at radius 3 is 2.53 bits per heavy atom. The number of halogens is 1. The van der Waals surface area contributed by atoms with Crippen molar-refractivity contribution in [3.8, 4) is 28.8 Å². The zero-order chi connectivity index (χ0) is 24.4. The molecule has 2 aromatic heterocycles. The number of hydrogen-bond donors (Lipinski definition) is 0. The highest BCUT2D eigenvalue weighted by Gasteiger charge is 2.28. The van der Waals surface area contributed by atoms with Gasteiger partial charge in [0, 0.05) is 5.92 Å². The van der Waals surface area contributed by atoms with Gasteiger partial charge in [0.2, 0.25) is 5.91 Å². The Hall–Kier alpha value is -4.25. The highest BCUT2D eigenvalue weighted by atomic mass is 19.1. The van der Waals surface area contributed by atoms with Crippen LogP contribution in [0, 0.1) is 24.2 Å².